The monoisotopic (exact) mass is 261 g/mol. The van der Waals surface area contributed by atoms with Gasteiger partial charge in [-0.25, -0.2) is 4.79 Å². The fraction of sp³-hybridized carbons (Fsp3) is 0.400. The highest BCUT2D eigenvalue weighted by molar-refractivity contribution is 5.70. The van der Waals surface area contributed by atoms with Crippen LogP contribution in [0.2, 0.25) is 0 Å². The molecule has 0 aromatic heterocycles. The molecule has 1 aliphatic rings. The minimum Gasteiger partial charge on any atom is -0.444 e. The van der Waals surface area contributed by atoms with E-state index in [9.17, 15) is 9.90 Å². The lowest BCUT2D eigenvalue weighted by molar-refractivity contribution is 0.0453. The maximum Gasteiger partial charge on any atom is 0.408 e. The fourth-order valence-corrected chi connectivity index (χ4v) is 2.01. The molecule has 0 bridgehead atoms. The number of carbonyl (C=O) groups excluding carboxylic acids is 1. The summed E-state index contributed by atoms with van der Waals surface area (Å²) < 4.78 is 5.18. The molecule has 4 heteroatoms. The highest BCUT2D eigenvalue weighted by atomic mass is 16.6. The minimum absolute atomic E-state index is 0.468. The number of nitrogens with one attached hydrogen (secondary N) is 1. The number of amides is 1. The maximum atomic E-state index is 11.7. The molecule has 1 aliphatic carbocycles. The van der Waals surface area contributed by atoms with E-state index in [1.165, 1.54) is 0 Å². The Morgan fingerprint density at radius 2 is 2.00 bits per heavy atom. The molecular weight excluding hydrogens is 242 g/mol. The predicted octanol–water partition coefficient (Wildman–Crippen LogP) is 2.64. The average molecular weight is 261 g/mol. The summed E-state index contributed by atoms with van der Waals surface area (Å²) in [7, 11) is 0. The third kappa shape index (κ3) is 3.35. The molecule has 2 rings (SSSR count). The number of hydrogen-bond donors (Lipinski definition) is 2. The van der Waals surface area contributed by atoms with Crippen molar-refractivity contribution >= 4 is 12.2 Å². The number of aliphatic hydroxyl groups excluding tert-OH is 1. The summed E-state index contributed by atoms with van der Waals surface area (Å²) in [5.41, 5.74) is 1.23. The molecule has 0 fully saturated rings. The van der Waals surface area contributed by atoms with Crippen LogP contribution in [0.4, 0.5) is 4.79 Å². The first kappa shape index (κ1) is 13.6. The van der Waals surface area contributed by atoms with Crippen LogP contribution in [0.15, 0.2) is 30.3 Å². The van der Waals surface area contributed by atoms with Crippen LogP contribution >= 0.6 is 0 Å². The van der Waals surface area contributed by atoms with Gasteiger partial charge in [-0.1, -0.05) is 36.4 Å². The summed E-state index contributed by atoms with van der Waals surface area (Å²) >= 11 is 0. The number of ether oxygens (including phenoxy) is 1. The zero-order valence-corrected chi connectivity index (χ0v) is 11.4. The summed E-state index contributed by atoms with van der Waals surface area (Å²) in [6.45, 7) is 5.40. The van der Waals surface area contributed by atoms with Crippen molar-refractivity contribution in [3.8, 4) is 0 Å². The van der Waals surface area contributed by atoms with Crippen LogP contribution in [-0.2, 0) is 4.74 Å². The van der Waals surface area contributed by atoms with E-state index in [1.54, 1.807) is 26.8 Å². The molecule has 0 aliphatic heterocycles. The van der Waals surface area contributed by atoms with E-state index < -0.39 is 23.8 Å². The Hall–Kier alpha value is -1.81. The number of benzene rings is 1. The first-order chi connectivity index (χ1) is 8.87. The van der Waals surface area contributed by atoms with Gasteiger partial charge in [-0.2, -0.15) is 0 Å². The largest absolute Gasteiger partial charge is 0.444 e. The second kappa shape index (κ2) is 5.05. The van der Waals surface area contributed by atoms with Crippen molar-refractivity contribution in [3.63, 3.8) is 0 Å². The second-order valence-electron chi connectivity index (χ2n) is 5.60. The van der Waals surface area contributed by atoms with Crippen molar-refractivity contribution in [2.75, 3.05) is 0 Å². The van der Waals surface area contributed by atoms with Crippen LogP contribution in [0.3, 0.4) is 0 Å². The van der Waals surface area contributed by atoms with Crippen LogP contribution in [0.1, 0.15) is 38.0 Å². The van der Waals surface area contributed by atoms with E-state index in [0.717, 1.165) is 11.1 Å². The number of hydrogen-bond acceptors (Lipinski definition) is 3. The third-order valence-electron chi connectivity index (χ3n) is 2.82. The lowest BCUT2D eigenvalue weighted by Crippen LogP contribution is -2.42. The molecule has 4 nitrogen and oxygen atoms in total. The number of aliphatic hydroxyl groups is 1. The average Bonchev–Trinajstić information content (AvgIpc) is 2.31. The molecule has 0 saturated carbocycles. The molecule has 0 spiro atoms. The summed E-state index contributed by atoms with van der Waals surface area (Å²) in [6, 6.07) is 7.10. The van der Waals surface area contributed by atoms with E-state index in [0.29, 0.717) is 0 Å². The van der Waals surface area contributed by atoms with Gasteiger partial charge in [0.05, 0.1) is 6.04 Å². The number of rotatable bonds is 1. The van der Waals surface area contributed by atoms with E-state index >= 15 is 0 Å². The van der Waals surface area contributed by atoms with Crippen LogP contribution in [-0.4, -0.2) is 22.8 Å². The summed E-state index contributed by atoms with van der Waals surface area (Å²) in [4.78, 5) is 11.7. The molecule has 0 heterocycles. The van der Waals surface area contributed by atoms with E-state index in [1.807, 2.05) is 30.3 Å². The standard InChI is InChI=1S/C15H19NO3/c1-15(2,3)19-14(18)16-12-9-8-10-6-4-5-7-11(10)13(12)17/h4-9,12-13,17H,1-3H3,(H,16,18)/t12-,13-/m0/s1. The minimum atomic E-state index is -0.756. The molecular formula is C15H19NO3. The normalized spacial score (nSPS) is 21.7. The fourth-order valence-electron chi connectivity index (χ4n) is 2.01. The van der Waals surface area contributed by atoms with Crippen molar-refractivity contribution in [3.05, 3.63) is 41.5 Å². The Morgan fingerprint density at radius 1 is 1.32 bits per heavy atom. The Labute approximate surface area is 113 Å². The Balaban J connectivity index is 2.07. The first-order valence-corrected chi connectivity index (χ1v) is 6.31. The quantitative estimate of drug-likeness (QED) is 0.817. The van der Waals surface area contributed by atoms with E-state index in [-0.39, 0.29) is 0 Å². The molecule has 19 heavy (non-hydrogen) atoms. The van der Waals surface area contributed by atoms with Gasteiger partial charge in [-0.3, -0.25) is 0 Å². The van der Waals surface area contributed by atoms with Crippen LogP contribution in [0.25, 0.3) is 6.08 Å². The number of alkyl carbamates (subject to hydrolysis) is 1. The zero-order valence-electron chi connectivity index (χ0n) is 11.4. The molecule has 102 valence electrons. The van der Waals surface area contributed by atoms with Gasteiger partial charge in [0.25, 0.3) is 0 Å². The van der Waals surface area contributed by atoms with Crippen LogP contribution < -0.4 is 5.32 Å². The van der Waals surface area contributed by atoms with Crippen molar-refractivity contribution in [1.82, 2.24) is 5.32 Å². The van der Waals surface area contributed by atoms with Crippen molar-refractivity contribution in [2.45, 2.75) is 38.5 Å². The van der Waals surface area contributed by atoms with Crippen LogP contribution in [0, 0.1) is 0 Å². The highest BCUT2D eigenvalue weighted by Crippen LogP contribution is 2.27. The van der Waals surface area contributed by atoms with Crippen molar-refractivity contribution in [2.24, 2.45) is 0 Å². The molecule has 2 atom stereocenters. The Morgan fingerprint density at radius 3 is 2.68 bits per heavy atom. The highest BCUT2D eigenvalue weighted by Gasteiger charge is 2.27. The van der Waals surface area contributed by atoms with Gasteiger partial charge in [0, 0.05) is 0 Å². The number of carbonyl (C=O) groups is 1. The molecule has 2 N–H and O–H groups in total. The Kier molecular flexibility index (Phi) is 3.62. The molecule has 0 saturated heterocycles. The SMILES string of the molecule is CC(C)(C)OC(=O)N[C@H]1C=Cc2ccccc2[C@@H]1O. The molecule has 1 amide bonds. The van der Waals surface area contributed by atoms with Gasteiger partial charge in [0.2, 0.25) is 0 Å². The van der Waals surface area contributed by atoms with Crippen molar-refractivity contribution in [1.29, 1.82) is 0 Å². The van der Waals surface area contributed by atoms with Gasteiger partial charge in [-0.15, -0.1) is 0 Å². The predicted molar refractivity (Wildman–Crippen MR) is 73.6 cm³/mol. The second-order valence-corrected chi connectivity index (χ2v) is 5.60. The molecule has 1 aromatic carbocycles. The van der Waals surface area contributed by atoms with Gasteiger partial charge < -0.3 is 15.2 Å². The van der Waals surface area contributed by atoms with Gasteiger partial charge in [0.1, 0.15) is 11.7 Å². The van der Waals surface area contributed by atoms with Gasteiger partial charge in [0.15, 0.2) is 0 Å². The van der Waals surface area contributed by atoms with E-state index in [2.05, 4.69) is 5.32 Å². The van der Waals surface area contributed by atoms with Crippen molar-refractivity contribution < 1.29 is 14.6 Å². The third-order valence-corrected chi connectivity index (χ3v) is 2.82. The lowest BCUT2D eigenvalue weighted by Gasteiger charge is -2.28. The first-order valence-electron chi connectivity index (χ1n) is 6.31. The Bertz CT molecular complexity index is 502. The van der Waals surface area contributed by atoms with E-state index in [4.69, 9.17) is 4.74 Å². The zero-order chi connectivity index (χ0) is 14.0. The molecule has 0 unspecified atom stereocenters. The maximum absolute atomic E-state index is 11.7. The topological polar surface area (TPSA) is 58.6 Å². The van der Waals surface area contributed by atoms with Crippen LogP contribution in [0.5, 0.6) is 0 Å². The van der Waals surface area contributed by atoms with Gasteiger partial charge in [-0.05, 0) is 31.9 Å². The smallest absolute Gasteiger partial charge is 0.408 e. The summed E-state index contributed by atoms with van der Waals surface area (Å²) in [5.74, 6) is 0. The number of fused-ring (bicyclic) bond motifs is 1. The summed E-state index contributed by atoms with van der Waals surface area (Å²) in [6.07, 6.45) is 2.38. The summed E-state index contributed by atoms with van der Waals surface area (Å²) in [5, 5.41) is 12.9. The van der Waals surface area contributed by atoms with Gasteiger partial charge >= 0.3 is 6.09 Å². The molecule has 0 radical (unpaired) electrons. The molecule has 1 aromatic rings. The lowest BCUT2D eigenvalue weighted by atomic mass is 9.91.